The molecular weight excluding hydrogens is 372 g/mol. The lowest BCUT2D eigenvalue weighted by molar-refractivity contribution is -0.116. The van der Waals surface area contributed by atoms with Crippen LogP contribution in [0.15, 0.2) is 53.6 Å². The predicted octanol–water partition coefficient (Wildman–Crippen LogP) is 1.86. The summed E-state index contributed by atoms with van der Waals surface area (Å²) in [6.45, 7) is 0.799. The SMILES string of the molecule is COCCn1cnc2ccc(NC(=O)C[C@@H]3NC(=O)c4ccccc43)cc2c1=O. The van der Waals surface area contributed by atoms with E-state index in [1.165, 1.54) is 10.9 Å². The first-order chi connectivity index (χ1) is 14.1. The lowest BCUT2D eigenvalue weighted by Crippen LogP contribution is -2.24. The number of ether oxygens (including phenoxy) is 1. The van der Waals surface area contributed by atoms with Crippen LogP contribution in [-0.4, -0.2) is 35.1 Å². The smallest absolute Gasteiger partial charge is 0.261 e. The van der Waals surface area contributed by atoms with Gasteiger partial charge in [0, 0.05) is 18.4 Å². The molecule has 0 bridgehead atoms. The van der Waals surface area contributed by atoms with E-state index in [-0.39, 0.29) is 29.8 Å². The van der Waals surface area contributed by atoms with Crippen LogP contribution >= 0.6 is 0 Å². The lowest BCUT2D eigenvalue weighted by Gasteiger charge is -2.12. The molecule has 2 aromatic carbocycles. The molecule has 1 aliphatic heterocycles. The molecule has 0 spiro atoms. The van der Waals surface area contributed by atoms with E-state index < -0.39 is 0 Å². The van der Waals surface area contributed by atoms with E-state index in [1.54, 1.807) is 37.4 Å². The Morgan fingerprint density at radius 1 is 1.24 bits per heavy atom. The Balaban J connectivity index is 1.52. The summed E-state index contributed by atoms with van der Waals surface area (Å²) < 4.78 is 6.49. The molecule has 4 rings (SSSR count). The van der Waals surface area contributed by atoms with E-state index in [0.29, 0.717) is 35.3 Å². The summed E-state index contributed by atoms with van der Waals surface area (Å²) in [4.78, 5) is 41.5. The number of carbonyl (C=O) groups is 2. The van der Waals surface area contributed by atoms with Gasteiger partial charge in [0.15, 0.2) is 0 Å². The maximum Gasteiger partial charge on any atom is 0.261 e. The van der Waals surface area contributed by atoms with E-state index in [1.807, 2.05) is 12.1 Å². The van der Waals surface area contributed by atoms with Crippen molar-refractivity contribution in [2.75, 3.05) is 19.0 Å². The fourth-order valence-electron chi connectivity index (χ4n) is 3.47. The first-order valence-electron chi connectivity index (χ1n) is 9.24. The van der Waals surface area contributed by atoms with Gasteiger partial charge < -0.3 is 15.4 Å². The Morgan fingerprint density at radius 3 is 2.90 bits per heavy atom. The maximum absolute atomic E-state index is 12.6. The van der Waals surface area contributed by atoms with Crippen molar-refractivity contribution in [3.8, 4) is 0 Å². The second-order valence-electron chi connectivity index (χ2n) is 6.83. The number of fused-ring (bicyclic) bond motifs is 2. The zero-order valence-electron chi connectivity index (χ0n) is 15.8. The number of hydrogen-bond donors (Lipinski definition) is 2. The van der Waals surface area contributed by atoms with Crippen molar-refractivity contribution in [1.82, 2.24) is 14.9 Å². The van der Waals surface area contributed by atoms with E-state index in [4.69, 9.17) is 4.74 Å². The zero-order valence-corrected chi connectivity index (χ0v) is 15.8. The first-order valence-corrected chi connectivity index (χ1v) is 9.24. The van der Waals surface area contributed by atoms with E-state index in [2.05, 4.69) is 15.6 Å². The summed E-state index contributed by atoms with van der Waals surface area (Å²) in [6, 6.07) is 11.9. The highest BCUT2D eigenvalue weighted by atomic mass is 16.5. The van der Waals surface area contributed by atoms with Crippen molar-refractivity contribution in [3.63, 3.8) is 0 Å². The molecule has 1 aliphatic rings. The quantitative estimate of drug-likeness (QED) is 0.667. The predicted molar refractivity (Wildman–Crippen MR) is 108 cm³/mol. The number of anilines is 1. The number of benzene rings is 2. The van der Waals surface area contributed by atoms with Crippen molar-refractivity contribution in [2.24, 2.45) is 0 Å². The highest BCUT2D eigenvalue weighted by Crippen LogP contribution is 2.27. The van der Waals surface area contributed by atoms with Crippen LogP contribution in [0.2, 0.25) is 0 Å². The van der Waals surface area contributed by atoms with Gasteiger partial charge in [0.1, 0.15) is 0 Å². The highest BCUT2D eigenvalue weighted by Gasteiger charge is 2.29. The fourth-order valence-corrected chi connectivity index (χ4v) is 3.47. The molecule has 0 fully saturated rings. The number of methoxy groups -OCH3 is 1. The third-order valence-electron chi connectivity index (χ3n) is 4.92. The number of rotatable bonds is 6. The van der Waals surface area contributed by atoms with Gasteiger partial charge in [-0.05, 0) is 29.8 Å². The largest absolute Gasteiger partial charge is 0.383 e. The van der Waals surface area contributed by atoms with Gasteiger partial charge in [0.2, 0.25) is 5.91 Å². The Labute approximate surface area is 166 Å². The van der Waals surface area contributed by atoms with Gasteiger partial charge in [0.05, 0.1) is 42.8 Å². The summed E-state index contributed by atoms with van der Waals surface area (Å²) in [6.07, 6.45) is 1.59. The molecular formula is C21H20N4O4. The molecule has 29 heavy (non-hydrogen) atoms. The van der Waals surface area contributed by atoms with Crippen LogP contribution in [0.25, 0.3) is 10.9 Å². The lowest BCUT2D eigenvalue weighted by atomic mass is 10.0. The minimum absolute atomic E-state index is 0.103. The summed E-state index contributed by atoms with van der Waals surface area (Å²) in [5.74, 6) is -0.429. The summed E-state index contributed by atoms with van der Waals surface area (Å²) in [5, 5.41) is 6.05. The fraction of sp³-hybridized carbons (Fsp3) is 0.238. The van der Waals surface area contributed by atoms with Crippen LogP contribution < -0.4 is 16.2 Å². The minimum atomic E-state index is -0.368. The Bertz CT molecular complexity index is 1150. The van der Waals surface area contributed by atoms with Crippen LogP contribution in [0.5, 0.6) is 0 Å². The van der Waals surface area contributed by atoms with Gasteiger partial charge in [0.25, 0.3) is 11.5 Å². The number of nitrogens with one attached hydrogen (secondary N) is 2. The highest BCUT2D eigenvalue weighted by molar-refractivity contribution is 6.01. The topological polar surface area (TPSA) is 102 Å². The van der Waals surface area contributed by atoms with Crippen molar-refractivity contribution in [3.05, 3.63) is 70.3 Å². The Hall–Kier alpha value is -3.52. The number of hydrogen-bond acceptors (Lipinski definition) is 5. The van der Waals surface area contributed by atoms with Crippen LogP contribution in [0.3, 0.4) is 0 Å². The molecule has 0 aliphatic carbocycles. The Morgan fingerprint density at radius 2 is 2.07 bits per heavy atom. The first kappa shape index (κ1) is 18.8. The van der Waals surface area contributed by atoms with Crippen molar-refractivity contribution < 1.29 is 14.3 Å². The van der Waals surface area contributed by atoms with Gasteiger partial charge >= 0.3 is 0 Å². The number of carbonyl (C=O) groups excluding carboxylic acids is 2. The van der Waals surface area contributed by atoms with Crippen molar-refractivity contribution in [1.29, 1.82) is 0 Å². The molecule has 1 atom stereocenters. The van der Waals surface area contributed by atoms with Crippen LogP contribution in [0.1, 0.15) is 28.4 Å². The molecule has 0 saturated carbocycles. The van der Waals surface area contributed by atoms with Gasteiger partial charge in [-0.1, -0.05) is 18.2 Å². The molecule has 1 aromatic heterocycles. The van der Waals surface area contributed by atoms with Crippen LogP contribution in [0.4, 0.5) is 5.69 Å². The molecule has 3 aromatic rings. The monoisotopic (exact) mass is 392 g/mol. The van der Waals surface area contributed by atoms with Crippen molar-refractivity contribution in [2.45, 2.75) is 19.0 Å². The van der Waals surface area contributed by atoms with Gasteiger partial charge in [-0.15, -0.1) is 0 Å². The zero-order chi connectivity index (χ0) is 20.4. The van der Waals surface area contributed by atoms with E-state index in [0.717, 1.165) is 5.56 Å². The molecule has 2 N–H and O–H groups in total. The van der Waals surface area contributed by atoms with Gasteiger partial charge in [-0.2, -0.15) is 0 Å². The molecule has 0 saturated heterocycles. The molecule has 0 unspecified atom stereocenters. The second kappa shape index (κ2) is 7.84. The normalized spacial score (nSPS) is 15.2. The average molecular weight is 392 g/mol. The van der Waals surface area contributed by atoms with E-state index >= 15 is 0 Å². The van der Waals surface area contributed by atoms with Gasteiger partial charge in [-0.25, -0.2) is 4.98 Å². The molecule has 2 heterocycles. The molecule has 2 amide bonds. The summed E-state index contributed by atoms with van der Waals surface area (Å²) in [5.41, 5.74) is 2.28. The maximum atomic E-state index is 12.6. The molecule has 8 nitrogen and oxygen atoms in total. The number of amides is 2. The number of nitrogens with zero attached hydrogens (tertiary/aromatic N) is 2. The minimum Gasteiger partial charge on any atom is -0.383 e. The average Bonchev–Trinajstić information content (AvgIpc) is 3.03. The Kier molecular flexibility index (Phi) is 5.09. The second-order valence-corrected chi connectivity index (χ2v) is 6.83. The van der Waals surface area contributed by atoms with Crippen LogP contribution in [0, 0.1) is 0 Å². The third-order valence-corrected chi connectivity index (χ3v) is 4.92. The van der Waals surface area contributed by atoms with E-state index in [9.17, 15) is 14.4 Å². The van der Waals surface area contributed by atoms with Gasteiger partial charge in [-0.3, -0.25) is 19.0 Å². The molecule has 0 radical (unpaired) electrons. The third kappa shape index (κ3) is 3.74. The molecule has 148 valence electrons. The standard InChI is InChI=1S/C21H20N4O4/c1-29-9-8-25-12-22-17-7-6-13(10-16(17)21(25)28)23-19(26)11-18-14-4-2-3-5-15(14)20(27)24-18/h2-7,10,12,18H,8-9,11H2,1H3,(H,23,26)(H,24,27)/t18-/m0/s1. The summed E-state index contributed by atoms with van der Waals surface area (Å²) >= 11 is 0. The van der Waals surface area contributed by atoms with Crippen LogP contribution in [-0.2, 0) is 16.1 Å². The molecule has 8 heteroatoms. The summed E-state index contributed by atoms with van der Waals surface area (Å²) in [7, 11) is 1.57. The number of aromatic nitrogens is 2. The van der Waals surface area contributed by atoms with Crippen molar-refractivity contribution >= 4 is 28.4 Å².